The fourth-order valence-corrected chi connectivity index (χ4v) is 3.03. The second-order valence-corrected chi connectivity index (χ2v) is 5.84. The SMILES string of the molecule is CCOc1cc(C(=O)O)cc(Br)c1OCC1CCCC1. The lowest BCUT2D eigenvalue weighted by Gasteiger charge is -2.16. The summed E-state index contributed by atoms with van der Waals surface area (Å²) >= 11 is 3.38. The van der Waals surface area contributed by atoms with Gasteiger partial charge in [0.25, 0.3) is 0 Å². The van der Waals surface area contributed by atoms with E-state index in [-0.39, 0.29) is 5.56 Å². The molecule has 0 radical (unpaired) electrons. The van der Waals surface area contributed by atoms with Crippen LogP contribution in [0, 0.1) is 5.92 Å². The third-order valence-corrected chi connectivity index (χ3v) is 4.08. The second-order valence-electron chi connectivity index (χ2n) is 4.98. The number of carboxylic acid groups (broad SMARTS) is 1. The van der Waals surface area contributed by atoms with Gasteiger partial charge in [-0.3, -0.25) is 0 Å². The number of ether oxygens (including phenoxy) is 2. The van der Waals surface area contributed by atoms with Crippen molar-refractivity contribution in [1.29, 1.82) is 0 Å². The summed E-state index contributed by atoms with van der Waals surface area (Å²) in [7, 11) is 0. The van der Waals surface area contributed by atoms with Crippen LogP contribution in [-0.4, -0.2) is 24.3 Å². The van der Waals surface area contributed by atoms with Crippen LogP contribution in [0.3, 0.4) is 0 Å². The molecule has 1 aliphatic carbocycles. The van der Waals surface area contributed by atoms with Crippen molar-refractivity contribution >= 4 is 21.9 Å². The number of benzene rings is 1. The smallest absolute Gasteiger partial charge is 0.335 e. The third-order valence-electron chi connectivity index (χ3n) is 3.49. The summed E-state index contributed by atoms with van der Waals surface area (Å²) in [4.78, 5) is 11.1. The molecule has 1 aromatic rings. The van der Waals surface area contributed by atoms with Crippen molar-refractivity contribution in [3.63, 3.8) is 0 Å². The van der Waals surface area contributed by atoms with Crippen LogP contribution in [0.25, 0.3) is 0 Å². The molecule has 0 spiro atoms. The Labute approximate surface area is 127 Å². The summed E-state index contributed by atoms with van der Waals surface area (Å²) in [5.41, 5.74) is 0.188. The highest BCUT2D eigenvalue weighted by atomic mass is 79.9. The van der Waals surface area contributed by atoms with Gasteiger partial charge < -0.3 is 14.6 Å². The molecule has 0 saturated heterocycles. The number of rotatable bonds is 6. The minimum atomic E-state index is -0.978. The van der Waals surface area contributed by atoms with E-state index in [9.17, 15) is 4.79 Å². The first-order valence-electron chi connectivity index (χ1n) is 6.94. The van der Waals surface area contributed by atoms with Gasteiger partial charge >= 0.3 is 5.97 Å². The predicted molar refractivity (Wildman–Crippen MR) is 79.7 cm³/mol. The molecule has 1 aromatic carbocycles. The summed E-state index contributed by atoms with van der Waals surface area (Å²) < 4.78 is 12.0. The van der Waals surface area contributed by atoms with Crippen molar-refractivity contribution in [2.45, 2.75) is 32.6 Å². The van der Waals surface area contributed by atoms with Gasteiger partial charge in [-0.05, 0) is 53.7 Å². The first-order chi connectivity index (χ1) is 9.61. The Morgan fingerprint density at radius 3 is 2.65 bits per heavy atom. The van der Waals surface area contributed by atoms with Gasteiger partial charge in [-0.1, -0.05) is 12.8 Å². The van der Waals surface area contributed by atoms with Crippen molar-refractivity contribution in [3.8, 4) is 11.5 Å². The quantitative estimate of drug-likeness (QED) is 0.844. The van der Waals surface area contributed by atoms with E-state index in [4.69, 9.17) is 14.6 Å². The Bertz CT molecular complexity index is 481. The minimum absolute atomic E-state index is 0.188. The Hall–Kier alpha value is -1.23. The molecule has 2 rings (SSSR count). The molecule has 110 valence electrons. The maximum absolute atomic E-state index is 11.1. The molecule has 0 aliphatic heterocycles. The number of carbonyl (C=O) groups is 1. The van der Waals surface area contributed by atoms with E-state index < -0.39 is 5.97 Å². The largest absolute Gasteiger partial charge is 0.490 e. The van der Waals surface area contributed by atoms with Crippen molar-refractivity contribution in [3.05, 3.63) is 22.2 Å². The average Bonchev–Trinajstić information content (AvgIpc) is 2.91. The third kappa shape index (κ3) is 3.66. The normalized spacial score (nSPS) is 15.3. The van der Waals surface area contributed by atoms with Crippen LogP contribution < -0.4 is 9.47 Å². The Morgan fingerprint density at radius 1 is 1.35 bits per heavy atom. The fraction of sp³-hybridized carbons (Fsp3) is 0.533. The molecular weight excluding hydrogens is 324 g/mol. The standard InChI is InChI=1S/C15H19BrO4/c1-2-19-13-8-11(15(17)18)7-12(16)14(13)20-9-10-5-3-4-6-10/h7-8,10H,2-6,9H2,1H3,(H,17,18). The van der Waals surface area contributed by atoms with Crippen molar-refractivity contribution in [1.82, 2.24) is 0 Å². The number of halogens is 1. The van der Waals surface area contributed by atoms with Gasteiger partial charge in [0.05, 0.1) is 23.2 Å². The molecule has 0 heterocycles. The Balaban J connectivity index is 2.18. The van der Waals surface area contributed by atoms with Crippen LogP contribution in [0.4, 0.5) is 0 Å². The molecule has 1 aliphatic rings. The van der Waals surface area contributed by atoms with Gasteiger partial charge in [-0.25, -0.2) is 4.79 Å². The maximum atomic E-state index is 11.1. The molecule has 0 unspecified atom stereocenters. The first kappa shape index (κ1) is 15.2. The summed E-state index contributed by atoms with van der Waals surface area (Å²) in [6, 6.07) is 3.06. The molecule has 0 atom stereocenters. The summed E-state index contributed by atoms with van der Waals surface area (Å²) in [6.07, 6.45) is 4.94. The zero-order valence-electron chi connectivity index (χ0n) is 11.5. The molecule has 0 aromatic heterocycles. The van der Waals surface area contributed by atoms with Crippen LogP contribution >= 0.6 is 15.9 Å². The van der Waals surface area contributed by atoms with Gasteiger partial charge in [0, 0.05) is 0 Å². The highest BCUT2D eigenvalue weighted by molar-refractivity contribution is 9.10. The van der Waals surface area contributed by atoms with Gasteiger partial charge in [-0.2, -0.15) is 0 Å². The number of hydrogen-bond acceptors (Lipinski definition) is 3. The Morgan fingerprint density at radius 2 is 2.05 bits per heavy atom. The maximum Gasteiger partial charge on any atom is 0.335 e. The van der Waals surface area contributed by atoms with Gasteiger partial charge in [0.1, 0.15) is 0 Å². The van der Waals surface area contributed by atoms with Gasteiger partial charge in [-0.15, -0.1) is 0 Å². The van der Waals surface area contributed by atoms with Gasteiger partial charge in [0.2, 0.25) is 0 Å². The Kier molecular flexibility index (Phi) is 5.29. The van der Waals surface area contributed by atoms with Crippen molar-refractivity contribution in [2.24, 2.45) is 5.92 Å². The van der Waals surface area contributed by atoms with Crippen LogP contribution in [-0.2, 0) is 0 Å². The molecule has 20 heavy (non-hydrogen) atoms. The summed E-state index contributed by atoms with van der Waals surface area (Å²) in [5, 5.41) is 9.08. The monoisotopic (exact) mass is 342 g/mol. The molecule has 1 fully saturated rings. The zero-order valence-corrected chi connectivity index (χ0v) is 13.1. The molecule has 0 bridgehead atoms. The summed E-state index contributed by atoms with van der Waals surface area (Å²) in [6.45, 7) is 2.99. The lowest BCUT2D eigenvalue weighted by atomic mass is 10.1. The topological polar surface area (TPSA) is 55.8 Å². The molecule has 1 saturated carbocycles. The lowest BCUT2D eigenvalue weighted by molar-refractivity contribution is 0.0696. The number of carboxylic acids is 1. The van der Waals surface area contributed by atoms with Crippen molar-refractivity contribution < 1.29 is 19.4 Å². The number of aromatic carboxylic acids is 1. The minimum Gasteiger partial charge on any atom is -0.490 e. The van der Waals surface area contributed by atoms with E-state index in [1.807, 2.05) is 6.92 Å². The fourth-order valence-electron chi connectivity index (χ4n) is 2.47. The predicted octanol–water partition coefficient (Wildman–Crippen LogP) is 4.12. The zero-order chi connectivity index (χ0) is 14.5. The van der Waals surface area contributed by atoms with Crippen molar-refractivity contribution in [2.75, 3.05) is 13.2 Å². The highest BCUT2D eigenvalue weighted by Gasteiger charge is 2.19. The molecule has 0 amide bonds. The van der Waals surface area contributed by atoms with Gasteiger partial charge in [0.15, 0.2) is 11.5 Å². The number of hydrogen-bond donors (Lipinski definition) is 1. The summed E-state index contributed by atoms with van der Waals surface area (Å²) in [5.74, 6) is 0.700. The van der Waals surface area contributed by atoms with Crippen LogP contribution in [0.15, 0.2) is 16.6 Å². The van der Waals surface area contributed by atoms with E-state index in [0.29, 0.717) is 35.1 Å². The lowest BCUT2D eigenvalue weighted by Crippen LogP contribution is -2.10. The average molecular weight is 343 g/mol. The van der Waals surface area contributed by atoms with Crippen LogP contribution in [0.5, 0.6) is 11.5 Å². The van der Waals surface area contributed by atoms with E-state index in [2.05, 4.69) is 15.9 Å². The van der Waals surface area contributed by atoms with E-state index in [1.54, 1.807) is 6.07 Å². The van der Waals surface area contributed by atoms with Crippen LogP contribution in [0.2, 0.25) is 0 Å². The van der Waals surface area contributed by atoms with Crippen LogP contribution in [0.1, 0.15) is 43.0 Å². The van der Waals surface area contributed by atoms with E-state index in [0.717, 1.165) is 0 Å². The highest BCUT2D eigenvalue weighted by Crippen LogP contribution is 2.38. The molecular formula is C15H19BrO4. The van der Waals surface area contributed by atoms with E-state index in [1.165, 1.54) is 31.7 Å². The first-order valence-corrected chi connectivity index (χ1v) is 7.73. The van der Waals surface area contributed by atoms with E-state index >= 15 is 0 Å². The second kappa shape index (κ2) is 6.97. The molecule has 5 heteroatoms. The molecule has 4 nitrogen and oxygen atoms in total. The molecule has 1 N–H and O–H groups in total.